The van der Waals surface area contributed by atoms with Gasteiger partial charge < -0.3 is 4.90 Å². The van der Waals surface area contributed by atoms with E-state index in [9.17, 15) is 13.2 Å². The number of anilines is 1. The number of sulfonamides is 1. The molecular formula is C23H28N2O3S. The highest BCUT2D eigenvalue weighted by atomic mass is 32.2. The zero-order chi connectivity index (χ0) is 20.6. The lowest BCUT2D eigenvalue weighted by Gasteiger charge is -2.32. The molecule has 1 fully saturated rings. The number of fused-ring (bicyclic) bond motifs is 1. The first kappa shape index (κ1) is 20.1. The van der Waals surface area contributed by atoms with Crippen LogP contribution in [0.5, 0.6) is 0 Å². The third kappa shape index (κ3) is 3.71. The second-order valence-electron chi connectivity index (χ2n) is 8.08. The number of amides is 1. The van der Waals surface area contributed by atoms with Gasteiger partial charge in [0.05, 0.1) is 10.6 Å². The fraction of sp³-hybridized carbons (Fsp3) is 0.435. The van der Waals surface area contributed by atoms with E-state index < -0.39 is 10.0 Å². The number of hydrogen-bond acceptors (Lipinski definition) is 3. The SMILES string of the molecule is Cc1ccc(S(=O)(=O)N2CCCCC2)cc1C(=O)N1CCCc2cccc(C)c21. The molecule has 0 bridgehead atoms. The van der Waals surface area contributed by atoms with Crippen molar-refractivity contribution in [2.24, 2.45) is 0 Å². The molecule has 2 heterocycles. The Morgan fingerprint density at radius 2 is 1.66 bits per heavy atom. The third-order valence-corrected chi connectivity index (χ3v) is 7.95. The van der Waals surface area contributed by atoms with Crippen molar-refractivity contribution in [2.45, 2.75) is 50.8 Å². The van der Waals surface area contributed by atoms with Crippen LogP contribution in [-0.2, 0) is 16.4 Å². The van der Waals surface area contributed by atoms with E-state index in [-0.39, 0.29) is 10.8 Å². The van der Waals surface area contributed by atoms with Crippen molar-refractivity contribution in [3.63, 3.8) is 0 Å². The molecule has 0 saturated carbocycles. The van der Waals surface area contributed by atoms with E-state index in [4.69, 9.17) is 0 Å². The predicted molar refractivity (Wildman–Crippen MR) is 115 cm³/mol. The fourth-order valence-corrected chi connectivity index (χ4v) is 5.99. The van der Waals surface area contributed by atoms with Crippen LogP contribution >= 0.6 is 0 Å². The summed E-state index contributed by atoms with van der Waals surface area (Å²) in [5.41, 5.74) is 4.50. The Morgan fingerprint density at radius 1 is 0.897 bits per heavy atom. The Balaban J connectivity index is 1.72. The summed E-state index contributed by atoms with van der Waals surface area (Å²) in [6.07, 6.45) is 4.72. The maximum Gasteiger partial charge on any atom is 0.258 e. The number of carbonyl (C=O) groups excluding carboxylic acids is 1. The normalized spacial score (nSPS) is 17.8. The maximum absolute atomic E-state index is 13.5. The van der Waals surface area contributed by atoms with Gasteiger partial charge in [0, 0.05) is 25.2 Å². The van der Waals surface area contributed by atoms with Crippen molar-refractivity contribution in [1.82, 2.24) is 4.31 Å². The van der Waals surface area contributed by atoms with Crippen LogP contribution in [0.1, 0.15) is 52.7 Å². The van der Waals surface area contributed by atoms with E-state index in [0.717, 1.165) is 48.9 Å². The van der Waals surface area contributed by atoms with Gasteiger partial charge >= 0.3 is 0 Å². The molecule has 0 aromatic heterocycles. The van der Waals surface area contributed by atoms with Gasteiger partial charge in [-0.25, -0.2) is 8.42 Å². The second kappa shape index (κ2) is 7.92. The van der Waals surface area contributed by atoms with E-state index in [1.54, 1.807) is 22.5 Å². The zero-order valence-corrected chi connectivity index (χ0v) is 18.0. The van der Waals surface area contributed by atoms with Crippen molar-refractivity contribution in [3.8, 4) is 0 Å². The monoisotopic (exact) mass is 412 g/mol. The van der Waals surface area contributed by atoms with Gasteiger partial charge in [0.1, 0.15) is 0 Å². The maximum atomic E-state index is 13.5. The number of aryl methyl sites for hydroxylation is 3. The van der Waals surface area contributed by atoms with Crippen LogP contribution in [0.15, 0.2) is 41.3 Å². The van der Waals surface area contributed by atoms with Crippen LogP contribution < -0.4 is 4.90 Å². The van der Waals surface area contributed by atoms with Crippen molar-refractivity contribution < 1.29 is 13.2 Å². The predicted octanol–water partition coefficient (Wildman–Crippen LogP) is 4.07. The van der Waals surface area contributed by atoms with Crippen molar-refractivity contribution in [3.05, 3.63) is 58.7 Å². The van der Waals surface area contributed by atoms with Gasteiger partial charge in [-0.1, -0.05) is 30.7 Å². The molecule has 0 aliphatic carbocycles. The smallest absolute Gasteiger partial charge is 0.258 e. The third-order valence-electron chi connectivity index (χ3n) is 6.06. The summed E-state index contributed by atoms with van der Waals surface area (Å²) < 4.78 is 27.8. The number of carbonyl (C=O) groups is 1. The number of nitrogens with zero attached hydrogens (tertiary/aromatic N) is 2. The Bertz CT molecular complexity index is 1040. The first-order valence-corrected chi connectivity index (χ1v) is 11.8. The van der Waals surface area contributed by atoms with E-state index in [1.165, 1.54) is 5.56 Å². The Morgan fingerprint density at radius 3 is 2.41 bits per heavy atom. The molecule has 0 atom stereocenters. The molecule has 2 aromatic carbocycles. The molecule has 154 valence electrons. The van der Waals surface area contributed by atoms with E-state index in [0.29, 0.717) is 25.2 Å². The number of benzene rings is 2. The molecule has 4 rings (SSSR count). The molecule has 5 nitrogen and oxygen atoms in total. The average molecular weight is 413 g/mol. The van der Waals surface area contributed by atoms with Crippen LogP contribution in [-0.4, -0.2) is 38.3 Å². The largest absolute Gasteiger partial charge is 0.308 e. The van der Waals surface area contributed by atoms with Crippen molar-refractivity contribution >= 4 is 21.6 Å². The number of rotatable bonds is 3. The minimum atomic E-state index is -3.57. The van der Waals surface area contributed by atoms with E-state index in [2.05, 4.69) is 6.07 Å². The molecule has 29 heavy (non-hydrogen) atoms. The van der Waals surface area contributed by atoms with Crippen LogP contribution in [0.3, 0.4) is 0 Å². The Hall–Kier alpha value is -2.18. The van der Waals surface area contributed by atoms with Crippen LogP contribution in [0, 0.1) is 13.8 Å². The molecule has 6 heteroatoms. The summed E-state index contributed by atoms with van der Waals surface area (Å²) in [5, 5.41) is 0. The Kier molecular flexibility index (Phi) is 5.49. The van der Waals surface area contributed by atoms with Gasteiger partial charge in [-0.2, -0.15) is 4.31 Å². The quantitative estimate of drug-likeness (QED) is 0.764. The summed E-state index contributed by atoms with van der Waals surface area (Å²) in [7, 11) is -3.57. The van der Waals surface area contributed by atoms with Gasteiger partial charge in [-0.3, -0.25) is 4.79 Å². The summed E-state index contributed by atoms with van der Waals surface area (Å²) in [6.45, 7) is 5.65. The molecule has 0 unspecified atom stereocenters. The zero-order valence-electron chi connectivity index (χ0n) is 17.1. The lowest BCUT2D eigenvalue weighted by atomic mass is 9.97. The second-order valence-corrected chi connectivity index (χ2v) is 10.0. The molecule has 2 aromatic rings. The van der Waals surface area contributed by atoms with Crippen molar-refractivity contribution in [2.75, 3.05) is 24.5 Å². The molecule has 0 N–H and O–H groups in total. The topological polar surface area (TPSA) is 57.7 Å². The highest BCUT2D eigenvalue weighted by Gasteiger charge is 2.29. The van der Waals surface area contributed by atoms with Crippen LogP contribution in [0.2, 0.25) is 0 Å². The average Bonchev–Trinajstić information content (AvgIpc) is 2.74. The molecule has 1 amide bonds. The van der Waals surface area contributed by atoms with Crippen LogP contribution in [0.4, 0.5) is 5.69 Å². The molecule has 2 aliphatic rings. The van der Waals surface area contributed by atoms with Gasteiger partial charge in [0.2, 0.25) is 10.0 Å². The molecule has 0 radical (unpaired) electrons. The lowest BCUT2D eigenvalue weighted by Crippen LogP contribution is -2.37. The molecular weight excluding hydrogens is 384 g/mol. The number of hydrogen-bond donors (Lipinski definition) is 0. The number of piperidine rings is 1. The summed E-state index contributed by atoms with van der Waals surface area (Å²) in [5.74, 6) is -0.117. The van der Waals surface area contributed by atoms with Crippen LogP contribution in [0.25, 0.3) is 0 Å². The van der Waals surface area contributed by atoms with Gasteiger partial charge in [-0.05, 0) is 68.4 Å². The molecule has 0 spiro atoms. The standard InChI is InChI=1S/C23H28N2O3S/c1-17-11-12-20(29(27,28)24-13-4-3-5-14-24)16-21(17)23(26)25-15-7-10-19-9-6-8-18(2)22(19)25/h6,8-9,11-12,16H,3-5,7,10,13-15H2,1-2H3. The van der Waals surface area contributed by atoms with E-state index >= 15 is 0 Å². The highest BCUT2D eigenvalue weighted by Crippen LogP contribution is 2.32. The van der Waals surface area contributed by atoms with Crippen molar-refractivity contribution in [1.29, 1.82) is 0 Å². The first-order chi connectivity index (χ1) is 13.9. The summed E-state index contributed by atoms with van der Waals surface area (Å²) >= 11 is 0. The fourth-order valence-electron chi connectivity index (χ4n) is 4.44. The first-order valence-electron chi connectivity index (χ1n) is 10.4. The summed E-state index contributed by atoms with van der Waals surface area (Å²) in [4.78, 5) is 15.6. The molecule has 2 aliphatic heterocycles. The lowest BCUT2D eigenvalue weighted by molar-refractivity contribution is 0.0984. The minimum Gasteiger partial charge on any atom is -0.308 e. The van der Waals surface area contributed by atoms with Gasteiger partial charge in [-0.15, -0.1) is 0 Å². The highest BCUT2D eigenvalue weighted by molar-refractivity contribution is 7.89. The van der Waals surface area contributed by atoms with Gasteiger partial charge in [0.25, 0.3) is 5.91 Å². The Labute approximate surface area is 173 Å². The van der Waals surface area contributed by atoms with Gasteiger partial charge in [0.15, 0.2) is 0 Å². The number of para-hydroxylation sites is 1. The van der Waals surface area contributed by atoms with E-state index in [1.807, 2.05) is 30.9 Å². The molecule has 1 saturated heterocycles. The summed E-state index contributed by atoms with van der Waals surface area (Å²) in [6, 6.07) is 11.1. The minimum absolute atomic E-state index is 0.117.